The Balaban J connectivity index is 1.65. The summed E-state index contributed by atoms with van der Waals surface area (Å²) in [5.74, 6) is -0.595. The average molecular weight is 337 g/mol. The molecule has 2 aliphatic heterocycles. The topological polar surface area (TPSA) is 58.6 Å². The van der Waals surface area contributed by atoms with E-state index < -0.39 is 11.6 Å². The van der Waals surface area contributed by atoms with Crippen LogP contribution in [-0.2, 0) is 15.1 Å². The fraction of sp³-hybridized carbons (Fsp3) is 0.381. The normalized spacial score (nSPS) is 25.6. The van der Waals surface area contributed by atoms with E-state index in [1.807, 2.05) is 36.4 Å². The molecule has 0 aromatic heterocycles. The van der Waals surface area contributed by atoms with Crippen molar-refractivity contribution in [1.82, 2.24) is 5.32 Å². The number of fused-ring (bicyclic) bond motifs is 2. The molecular weight excluding hydrogens is 314 g/mol. The highest BCUT2D eigenvalue weighted by molar-refractivity contribution is 5.85. The van der Waals surface area contributed by atoms with Crippen molar-refractivity contribution < 1.29 is 14.6 Å². The van der Waals surface area contributed by atoms with Crippen LogP contribution in [0.25, 0.3) is 0 Å². The highest BCUT2D eigenvalue weighted by Crippen LogP contribution is 2.34. The maximum absolute atomic E-state index is 13.1. The van der Waals surface area contributed by atoms with Crippen molar-refractivity contribution in [1.29, 1.82) is 0 Å². The van der Waals surface area contributed by atoms with Gasteiger partial charge in [-0.05, 0) is 36.8 Å². The molecule has 0 saturated carbocycles. The number of piperidine rings is 1. The van der Waals surface area contributed by atoms with Gasteiger partial charge in [0.2, 0.25) is 5.60 Å². The second kappa shape index (κ2) is 6.62. The molecule has 0 spiro atoms. The first-order valence-corrected chi connectivity index (χ1v) is 8.98. The van der Waals surface area contributed by atoms with Crippen LogP contribution >= 0.6 is 0 Å². The molecule has 2 aromatic carbocycles. The maximum Gasteiger partial charge on any atom is 0.348 e. The van der Waals surface area contributed by atoms with Crippen molar-refractivity contribution in [3.63, 3.8) is 0 Å². The number of carbonyl (C=O) groups is 1. The quantitative estimate of drug-likeness (QED) is 0.843. The van der Waals surface area contributed by atoms with E-state index in [0.717, 1.165) is 25.7 Å². The van der Waals surface area contributed by atoms with Crippen LogP contribution in [0.2, 0.25) is 0 Å². The SMILES string of the molecule is O=C(OC1CCC2CC[C@H]1N2)C(O)(c1ccccc1)c1ccccc1. The zero-order valence-electron chi connectivity index (χ0n) is 14.1. The van der Waals surface area contributed by atoms with Gasteiger partial charge in [-0.25, -0.2) is 4.79 Å². The van der Waals surface area contributed by atoms with Crippen LogP contribution in [0, 0.1) is 0 Å². The molecule has 2 aromatic rings. The summed E-state index contributed by atoms with van der Waals surface area (Å²) in [5.41, 5.74) is -0.739. The highest BCUT2D eigenvalue weighted by atomic mass is 16.6. The van der Waals surface area contributed by atoms with Gasteiger partial charge in [0.05, 0.1) is 0 Å². The Hall–Kier alpha value is -2.17. The summed E-state index contributed by atoms with van der Waals surface area (Å²) in [5, 5.41) is 14.9. The van der Waals surface area contributed by atoms with Crippen molar-refractivity contribution >= 4 is 5.97 Å². The van der Waals surface area contributed by atoms with Crippen molar-refractivity contribution in [2.45, 2.75) is 49.5 Å². The number of rotatable bonds is 4. The van der Waals surface area contributed by atoms with Gasteiger partial charge in [-0.3, -0.25) is 0 Å². The molecule has 4 heteroatoms. The van der Waals surface area contributed by atoms with E-state index in [2.05, 4.69) is 5.32 Å². The van der Waals surface area contributed by atoms with Crippen molar-refractivity contribution in [2.75, 3.05) is 0 Å². The second-order valence-corrected chi connectivity index (χ2v) is 7.01. The van der Waals surface area contributed by atoms with Gasteiger partial charge in [0.25, 0.3) is 0 Å². The lowest BCUT2D eigenvalue weighted by atomic mass is 9.86. The predicted molar refractivity (Wildman–Crippen MR) is 94.9 cm³/mol. The molecule has 0 aliphatic carbocycles. The molecule has 2 unspecified atom stereocenters. The van der Waals surface area contributed by atoms with E-state index in [9.17, 15) is 9.90 Å². The lowest BCUT2D eigenvalue weighted by molar-refractivity contribution is -0.170. The number of hydrogen-bond acceptors (Lipinski definition) is 4. The zero-order valence-corrected chi connectivity index (χ0v) is 14.1. The predicted octanol–water partition coefficient (Wildman–Crippen LogP) is 2.75. The van der Waals surface area contributed by atoms with Crippen LogP contribution in [0.3, 0.4) is 0 Å². The minimum Gasteiger partial charge on any atom is -0.458 e. The van der Waals surface area contributed by atoms with Gasteiger partial charge in [0, 0.05) is 12.1 Å². The second-order valence-electron chi connectivity index (χ2n) is 7.01. The van der Waals surface area contributed by atoms with Gasteiger partial charge in [0.1, 0.15) is 6.10 Å². The van der Waals surface area contributed by atoms with Crippen molar-refractivity contribution in [2.24, 2.45) is 0 Å². The van der Waals surface area contributed by atoms with E-state index in [1.54, 1.807) is 24.3 Å². The monoisotopic (exact) mass is 337 g/mol. The third kappa shape index (κ3) is 2.96. The lowest BCUT2D eigenvalue weighted by Crippen LogP contribution is -2.49. The smallest absolute Gasteiger partial charge is 0.348 e. The fourth-order valence-corrected chi connectivity index (χ4v) is 4.06. The Morgan fingerprint density at radius 2 is 1.48 bits per heavy atom. The molecule has 2 N–H and O–H groups in total. The molecule has 2 aliphatic rings. The molecule has 25 heavy (non-hydrogen) atoms. The maximum atomic E-state index is 13.1. The summed E-state index contributed by atoms with van der Waals surface area (Å²) in [6.07, 6.45) is 3.86. The van der Waals surface area contributed by atoms with Gasteiger partial charge in [-0.2, -0.15) is 0 Å². The van der Waals surface area contributed by atoms with Crippen LogP contribution in [0.5, 0.6) is 0 Å². The van der Waals surface area contributed by atoms with E-state index in [1.165, 1.54) is 0 Å². The standard InChI is InChI=1S/C21H23NO3/c23-20(25-19-14-12-17-11-13-18(19)22-17)21(24,15-7-3-1-4-8-15)16-9-5-2-6-10-16/h1-10,17-19,22,24H,11-14H2/t17?,18-,19?/m1/s1. The molecule has 2 heterocycles. The largest absolute Gasteiger partial charge is 0.458 e. The summed E-state index contributed by atoms with van der Waals surface area (Å²) in [7, 11) is 0. The third-order valence-electron chi connectivity index (χ3n) is 5.46. The van der Waals surface area contributed by atoms with Crippen molar-refractivity contribution in [3.8, 4) is 0 Å². The number of ether oxygens (including phenoxy) is 1. The fourth-order valence-electron chi connectivity index (χ4n) is 4.06. The molecular formula is C21H23NO3. The van der Waals surface area contributed by atoms with E-state index in [0.29, 0.717) is 17.2 Å². The average Bonchev–Trinajstić information content (AvgIpc) is 3.07. The molecule has 0 amide bonds. The molecule has 2 saturated heterocycles. The first-order valence-electron chi connectivity index (χ1n) is 8.98. The molecule has 2 fully saturated rings. The van der Waals surface area contributed by atoms with Gasteiger partial charge < -0.3 is 15.2 Å². The Morgan fingerprint density at radius 1 is 0.920 bits per heavy atom. The Morgan fingerprint density at radius 3 is 2.08 bits per heavy atom. The van der Waals surface area contributed by atoms with E-state index in [-0.39, 0.29) is 12.1 Å². The van der Waals surface area contributed by atoms with Crippen LogP contribution in [0.1, 0.15) is 36.8 Å². The van der Waals surface area contributed by atoms with Crippen LogP contribution in [-0.4, -0.2) is 29.3 Å². The van der Waals surface area contributed by atoms with Crippen LogP contribution < -0.4 is 5.32 Å². The summed E-state index contributed by atoms with van der Waals surface area (Å²) >= 11 is 0. The molecule has 0 radical (unpaired) electrons. The number of esters is 1. The molecule has 4 nitrogen and oxygen atoms in total. The Bertz CT molecular complexity index is 692. The minimum absolute atomic E-state index is 0.176. The summed E-state index contributed by atoms with van der Waals surface area (Å²) in [6, 6.07) is 18.8. The van der Waals surface area contributed by atoms with Crippen LogP contribution in [0.15, 0.2) is 60.7 Å². The van der Waals surface area contributed by atoms with Gasteiger partial charge >= 0.3 is 5.97 Å². The Labute approximate surface area is 147 Å². The summed E-state index contributed by atoms with van der Waals surface area (Å²) in [6.45, 7) is 0. The van der Waals surface area contributed by atoms with Gasteiger partial charge in [-0.1, -0.05) is 60.7 Å². The number of benzene rings is 2. The van der Waals surface area contributed by atoms with Gasteiger partial charge in [0.15, 0.2) is 0 Å². The highest BCUT2D eigenvalue weighted by Gasteiger charge is 2.45. The third-order valence-corrected chi connectivity index (χ3v) is 5.46. The molecule has 130 valence electrons. The molecule has 3 atom stereocenters. The van der Waals surface area contributed by atoms with Gasteiger partial charge in [-0.15, -0.1) is 0 Å². The minimum atomic E-state index is -1.79. The summed E-state index contributed by atoms with van der Waals surface area (Å²) < 4.78 is 5.84. The molecule has 4 rings (SSSR count). The lowest BCUT2D eigenvalue weighted by Gasteiger charge is -2.34. The zero-order chi connectivity index (χ0) is 17.3. The number of nitrogens with one attached hydrogen (secondary N) is 1. The Kier molecular flexibility index (Phi) is 4.32. The van der Waals surface area contributed by atoms with E-state index in [4.69, 9.17) is 4.74 Å². The number of carbonyl (C=O) groups excluding carboxylic acids is 1. The van der Waals surface area contributed by atoms with E-state index >= 15 is 0 Å². The first kappa shape index (κ1) is 16.3. The van der Waals surface area contributed by atoms with Crippen LogP contribution in [0.4, 0.5) is 0 Å². The van der Waals surface area contributed by atoms with Crippen molar-refractivity contribution in [3.05, 3.63) is 71.8 Å². The number of aliphatic hydroxyl groups is 1. The molecule has 2 bridgehead atoms. The number of hydrogen-bond donors (Lipinski definition) is 2. The first-order chi connectivity index (χ1) is 12.2. The summed E-state index contributed by atoms with van der Waals surface area (Å²) in [4.78, 5) is 13.1.